The maximum absolute atomic E-state index is 11.6. The summed E-state index contributed by atoms with van der Waals surface area (Å²) in [5, 5.41) is 2.96. The highest BCUT2D eigenvalue weighted by atomic mass is 16.5. The molecule has 1 aromatic rings. The third kappa shape index (κ3) is 4.20. The molecule has 0 aliphatic heterocycles. The Hall–Kier alpha value is -1.85. The number of carbonyl (C=O) groups excluding carboxylic acids is 1. The monoisotopic (exact) mass is 253 g/mol. The van der Waals surface area contributed by atoms with E-state index in [0.717, 1.165) is 0 Å². The lowest BCUT2D eigenvalue weighted by atomic mass is 10.0. The number of methoxy groups -OCH3 is 2. The molecule has 1 atom stereocenters. The molecule has 6 nitrogen and oxygen atoms in total. The summed E-state index contributed by atoms with van der Waals surface area (Å²) in [6.07, 6.45) is 2.21. The minimum atomic E-state index is -0.456. The number of esters is 1. The number of carbonyl (C=O) groups is 1. The van der Waals surface area contributed by atoms with Crippen LogP contribution in [0.2, 0.25) is 0 Å². The van der Waals surface area contributed by atoms with Crippen LogP contribution in [0.1, 0.15) is 20.3 Å². The predicted octanol–water partition coefficient (Wildman–Crippen LogP) is 1.48. The second-order valence-electron chi connectivity index (χ2n) is 4.27. The summed E-state index contributed by atoms with van der Waals surface area (Å²) in [5.41, 5.74) is 0. The average molecular weight is 253 g/mol. The normalized spacial score (nSPS) is 12.1. The zero-order valence-corrected chi connectivity index (χ0v) is 11.1. The Kier molecular flexibility index (Phi) is 5.35. The molecule has 0 saturated heterocycles. The summed E-state index contributed by atoms with van der Waals surface area (Å²) in [5.74, 6) is 0.827. The zero-order valence-electron chi connectivity index (χ0n) is 11.1. The van der Waals surface area contributed by atoms with Crippen molar-refractivity contribution in [2.24, 2.45) is 5.92 Å². The van der Waals surface area contributed by atoms with Crippen LogP contribution in [-0.2, 0) is 9.53 Å². The van der Waals surface area contributed by atoms with Crippen molar-refractivity contribution in [3.63, 3.8) is 0 Å². The first kappa shape index (κ1) is 14.2. The molecule has 100 valence electrons. The maximum atomic E-state index is 11.6. The van der Waals surface area contributed by atoms with Crippen molar-refractivity contribution in [2.45, 2.75) is 26.3 Å². The lowest BCUT2D eigenvalue weighted by Crippen LogP contribution is -2.32. The third-order valence-corrected chi connectivity index (χ3v) is 2.34. The van der Waals surface area contributed by atoms with Gasteiger partial charge < -0.3 is 14.8 Å². The molecule has 0 saturated carbocycles. The van der Waals surface area contributed by atoms with Gasteiger partial charge in [0.2, 0.25) is 11.8 Å². The van der Waals surface area contributed by atoms with Crippen molar-refractivity contribution in [3.05, 3.63) is 12.3 Å². The topological polar surface area (TPSA) is 73.3 Å². The Balaban J connectivity index is 2.78. The maximum Gasteiger partial charge on any atom is 0.328 e. The molecule has 0 fully saturated rings. The second-order valence-corrected chi connectivity index (χ2v) is 4.27. The van der Waals surface area contributed by atoms with Gasteiger partial charge in [0.05, 0.1) is 14.2 Å². The van der Waals surface area contributed by atoms with Gasteiger partial charge in [0, 0.05) is 12.3 Å². The van der Waals surface area contributed by atoms with E-state index in [1.54, 1.807) is 12.3 Å². The van der Waals surface area contributed by atoms with Crippen LogP contribution in [0.4, 0.5) is 5.95 Å². The van der Waals surface area contributed by atoms with Gasteiger partial charge in [-0.15, -0.1) is 0 Å². The molecular formula is C12H19N3O3. The van der Waals surface area contributed by atoms with Crippen LogP contribution in [0.3, 0.4) is 0 Å². The molecule has 0 aliphatic rings. The van der Waals surface area contributed by atoms with Gasteiger partial charge in [-0.3, -0.25) is 0 Å². The van der Waals surface area contributed by atoms with E-state index in [1.165, 1.54) is 14.2 Å². The summed E-state index contributed by atoms with van der Waals surface area (Å²) < 4.78 is 9.75. The fourth-order valence-corrected chi connectivity index (χ4v) is 1.51. The summed E-state index contributed by atoms with van der Waals surface area (Å²) in [4.78, 5) is 19.8. The number of hydrogen-bond acceptors (Lipinski definition) is 6. The van der Waals surface area contributed by atoms with Crippen LogP contribution < -0.4 is 10.1 Å². The molecule has 0 aromatic carbocycles. The van der Waals surface area contributed by atoms with Crippen LogP contribution in [0, 0.1) is 5.92 Å². The van der Waals surface area contributed by atoms with Crippen molar-refractivity contribution in [1.29, 1.82) is 0 Å². The van der Waals surface area contributed by atoms with Crippen molar-refractivity contribution in [3.8, 4) is 5.88 Å². The SMILES string of the molecule is COC(=O)C(CC(C)C)Nc1nccc(OC)n1. The van der Waals surface area contributed by atoms with Crippen LogP contribution >= 0.6 is 0 Å². The Labute approximate surface area is 107 Å². The summed E-state index contributed by atoms with van der Waals surface area (Å²) in [7, 11) is 2.89. The zero-order chi connectivity index (χ0) is 13.5. The van der Waals surface area contributed by atoms with E-state index in [1.807, 2.05) is 13.8 Å². The average Bonchev–Trinajstić information content (AvgIpc) is 2.36. The van der Waals surface area contributed by atoms with Gasteiger partial charge in [-0.2, -0.15) is 4.98 Å². The Morgan fingerprint density at radius 2 is 2.17 bits per heavy atom. The minimum absolute atomic E-state index is 0.324. The molecule has 1 rings (SSSR count). The van der Waals surface area contributed by atoms with Gasteiger partial charge in [-0.05, 0) is 12.3 Å². The van der Waals surface area contributed by atoms with Gasteiger partial charge >= 0.3 is 5.97 Å². The molecule has 1 aromatic heterocycles. The summed E-state index contributed by atoms with van der Waals surface area (Å²) in [6, 6.07) is 1.18. The fraction of sp³-hybridized carbons (Fsp3) is 0.583. The molecule has 18 heavy (non-hydrogen) atoms. The first-order valence-corrected chi connectivity index (χ1v) is 5.78. The van der Waals surface area contributed by atoms with Gasteiger partial charge in [0.25, 0.3) is 0 Å². The molecule has 0 radical (unpaired) electrons. The number of hydrogen-bond donors (Lipinski definition) is 1. The lowest BCUT2D eigenvalue weighted by Gasteiger charge is -2.18. The predicted molar refractivity (Wildman–Crippen MR) is 67.5 cm³/mol. The standard InChI is InChI=1S/C12H19N3O3/c1-8(2)7-9(11(16)18-4)14-12-13-6-5-10(15-12)17-3/h5-6,8-9H,7H2,1-4H3,(H,13,14,15). The largest absolute Gasteiger partial charge is 0.481 e. The van der Waals surface area contributed by atoms with Crippen LogP contribution in [-0.4, -0.2) is 36.2 Å². The summed E-state index contributed by atoms with van der Waals surface area (Å²) in [6.45, 7) is 4.06. The molecule has 1 unspecified atom stereocenters. The number of nitrogens with one attached hydrogen (secondary N) is 1. The van der Waals surface area contributed by atoms with Gasteiger partial charge in [0.1, 0.15) is 6.04 Å². The van der Waals surface area contributed by atoms with E-state index in [2.05, 4.69) is 15.3 Å². The highest BCUT2D eigenvalue weighted by molar-refractivity contribution is 5.78. The van der Waals surface area contributed by atoms with E-state index in [9.17, 15) is 4.79 Å². The molecule has 0 amide bonds. The number of anilines is 1. The van der Waals surface area contributed by atoms with Gasteiger partial charge in [-0.25, -0.2) is 9.78 Å². The molecule has 0 spiro atoms. The number of nitrogens with zero attached hydrogens (tertiary/aromatic N) is 2. The van der Waals surface area contributed by atoms with Crippen molar-refractivity contribution in [2.75, 3.05) is 19.5 Å². The van der Waals surface area contributed by atoms with E-state index >= 15 is 0 Å². The highest BCUT2D eigenvalue weighted by Gasteiger charge is 2.21. The van der Waals surface area contributed by atoms with Gasteiger partial charge in [-0.1, -0.05) is 13.8 Å². The number of aromatic nitrogens is 2. The first-order valence-electron chi connectivity index (χ1n) is 5.78. The van der Waals surface area contributed by atoms with Crippen molar-refractivity contribution < 1.29 is 14.3 Å². The minimum Gasteiger partial charge on any atom is -0.481 e. The van der Waals surface area contributed by atoms with Crippen molar-refractivity contribution in [1.82, 2.24) is 9.97 Å². The Morgan fingerprint density at radius 1 is 1.44 bits per heavy atom. The lowest BCUT2D eigenvalue weighted by molar-refractivity contribution is -0.141. The third-order valence-electron chi connectivity index (χ3n) is 2.34. The summed E-state index contributed by atoms with van der Waals surface area (Å²) >= 11 is 0. The fourth-order valence-electron chi connectivity index (χ4n) is 1.51. The molecule has 0 bridgehead atoms. The number of ether oxygens (including phenoxy) is 2. The number of rotatable bonds is 6. The highest BCUT2D eigenvalue weighted by Crippen LogP contribution is 2.13. The van der Waals surface area contributed by atoms with E-state index < -0.39 is 6.04 Å². The first-order chi connectivity index (χ1) is 8.56. The van der Waals surface area contributed by atoms with E-state index in [-0.39, 0.29) is 5.97 Å². The van der Waals surface area contributed by atoms with Crippen LogP contribution in [0.15, 0.2) is 12.3 Å². The Morgan fingerprint density at radius 3 is 2.72 bits per heavy atom. The van der Waals surface area contributed by atoms with Crippen LogP contribution in [0.5, 0.6) is 5.88 Å². The quantitative estimate of drug-likeness (QED) is 0.774. The smallest absolute Gasteiger partial charge is 0.328 e. The molecule has 1 N–H and O–H groups in total. The Bertz CT molecular complexity index is 396. The molecule has 1 heterocycles. The van der Waals surface area contributed by atoms with Crippen LogP contribution in [0.25, 0.3) is 0 Å². The van der Waals surface area contributed by atoms with Gasteiger partial charge in [0.15, 0.2) is 0 Å². The van der Waals surface area contributed by atoms with E-state index in [0.29, 0.717) is 24.2 Å². The molecular weight excluding hydrogens is 234 g/mol. The van der Waals surface area contributed by atoms with Crippen molar-refractivity contribution >= 4 is 11.9 Å². The van der Waals surface area contributed by atoms with E-state index in [4.69, 9.17) is 9.47 Å². The molecule has 6 heteroatoms. The second kappa shape index (κ2) is 6.78. The molecule has 0 aliphatic carbocycles.